The first-order valence-electron chi connectivity index (χ1n) is 9.14. The second-order valence-electron chi connectivity index (χ2n) is 6.90. The maximum atomic E-state index is 12.7. The van der Waals surface area contributed by atoms with E-state index in [0.29, 0.717) is 18.7 Å². The first kappa shape index (κ1) is 16.9. The third-order valence-corrected chi connectivity index (χ3v) is 5.06. The maximum Gasteiger partial charge on any atom is 0.340 e. The van der Waals surface area contributed by atoms with E-state index in [0.717, 1.165) is 52.9 Å². The molecule has 0 fully saturated rings. The number of aryl methyl sites for hydroxylation is 1. The van der Waals surface area contributed by atoms with Crippen molar-refractivity contribution in [1.29, 1.82) is 0 Å². The lowest BCUT2D eigenvalue weighted by atomic mass is 9.98. The maximum absolute atomic E-state index is 12.7. The molecule has 0 bridgehead atoms. The minimum Gasteiger partial charge on any atom is -0.478 e. The Morgan fingerprint density at radius 2 is 1.92 bits per heavy atom. The van der Waals surface area contributed by atoms with Crippen LogP contribution >= 0.6 is 0 Å². The number of ether oxygens (including phenoxy) is 1. The molecule has 1 aliphatic rings. The van der Waals surface area contributed by atoms with Crippen LogP contribution in [0.4, 0.5) is 0 Å². The number of fused-ring (bicyclic) bond motifs is 3. The van der Waals surface area contributed by atoms with Gasteiger partial charge >= 0.3 is 5.63 Å². The lowest BCUT2D eigenvalue weighted by molar-refractivity contribution is 0.0957. The molecule has 0 atom stereocenters. The Bertz CT molecular complexity index is 992. The van der Waals surface area contributed by atoms with Crippen LogP contribution < -0.4 is 10.4 Å². The summed E-state index contributed by atoms with van der Waals surface area (Å²) in [4.78, 5) is 15.0. The van der Waals surface area contributed by atoms with Crippen LogP contribution in [-0.4, -0.2) is 18.2 Å². The second kappa shape index (κ2) is 6.96. The van der Waals surface area contributed by atoms with Gasteiger partial charge < -0.3 is 9.15 Å². The standard InChI is InChI=1S/C22H23NO3/c1-3-11-23-13-19-20(25-14-23)10-9-17-15(2)18(22(24)26-21(17)19)12-16-7-5-4-6-8-16/h4-10H,3,11-14H2,1-2H3. The van der Waals surface area contributed by atoms with Crippen LogP contribution in [0.3, 0.4) is 0 Å². The summed E-state index contributed by atoms with van der Waals surface area (Å²) in [6.45, 7) is 6.46. The van der Waals surface area contributed by atoms with Gasteiger partial charge in [0.25, 0.3) is 0 Å². The minimum atomic E-state index is -0.250. The zero-order chi connectivity index (χ0) is 18.1. The highest BCUT2D eigenvalue weighted by atomic mass is 16.5. The topological polar surface area (TPSA) is 42.7 Å². The van der Waals surface area contributed by atoms with Crippen molar-refractivity contribution in [3.63, 3.8) is 0 Å². The van der Waals surface area contributed by atoms with Gasteiger partial charge in [0.2, 0.25) is 0 Å². The van der Waals surface area contributed by atoms with Crippen LogP contribution in [0.2, 0.25) is 0 Å². The third-order valence-electron chi connectivity index (χ3n) is 5.06. The molecule has 0 unspecified atom stereocenters. The summed E-state index contributed by atoms with van der Waals surface area (Å²) < 4.78 is 11.7. The summed E-state index contributed by atoms with van der Waals surface area (Å²) in [5.41, 5.74) is 4.23. The molecular formula is C22H23NO3. The molecule has 0 saturated carbocycles. The van der Waals surface area contributed by atoms with Crippen molar-refractivity contribution in [2.75, 3.05) is 13.3 Å². The molecule has 2 heterocycles. The Hall–Kier alpha value is -2.59. The van der Waals surface area contributed by atoms with Gasteiger partial charge in [0.05, 0.1) is 5.56 Å². The van der Waals surface area contributed by atoms with Gasteiger partial charge in [0.15, 0.2) is 0 Å². The Balaban J connectivity index is 1.81. The Morgan fingerprint density at radius 3 is 2.69 bits per heavy atom. The van der Waals surface area contributed by atoms with Gasteiger partial charge in [-0.05, 0) is 36.6 Å². The molecule has 134 valence electrons. The van der Waals surface area contributed by atoms with E-state index in [1.165, 1.54) is 0 Å². The van der Waals surface area contributed by atoms with Crippen molar-refractivity contribution >= 4 is 11.0 Å². The van der Waals surface area contributed by atoms with E-state index in [4.69, 9.17) is 9.15 Å². The highest BCUT2D eigenvalue weighted by Gasteiger charge is 2.22. The van der Waals surface area contributed by atoms with E-state index in [1.807, 2.05) is 49.4 Å². The third kappa shape index (κ3) is 3.01. The van der Waals surface area contributed by atoms with Crippen LogP contribution in [-0.2, 0) is 13.0 Å². The molecule has 0 amide bonds. The number of nitrogens with zero attached hydrogens (tertiary/aromatic N) is 1. The molecule has 0 spiro atoms. The molecule has 0 radical (unpaired) electrons. The molecule has 0 saturated heterocycles. The van der Waals surface area contributed by atoms with E-state index in [-0.39, 0.29) is 5.63 Å². The van der Waals surface area contributed by atoms with Gasteiger partial charge in [-0.25, -0.2) is 4.79 Å². The van der Waals surface area contributed by atoms with Gasteiger partial charge in [0, 0.05) is 30.5 Å². The van der Waals surface area contributed by atoms with Crippen LogP contribution in [0.15, 0.2) is 51.7 Å². The summed E-state index contributed by atoms with van der Waals surface area (Å²) in [5.74, 6) is 0.822. The first-order chi connectivity index (χ1) is 12.7. The molecule has 1 aromatic heterocycles. The minimum absolute atomic E-state index is 0.250. The highest BCUT2D eigenvalue weighted by Crippen LogP contribution is 2.33. The predicted molar refractivity (Wildman–Crippen MR) is 103 cm³/mol. The zero-order valence-electron chi connectivity index (χ0n) is 15.2. The smallest absolute Gasteiger partial charge is 0.340 e. The SMILES string of the molecule is CCCN1COc2ccc3c(C)c(Cc4ccccc4)c(=O)oc3c2C1. The van der Waals surface area contributed by atoms with Crippen molar-refractivity contribution in [1.82, 2.24) is 4.90 Å². The lowest BCUT2D eigenvalue weighted by Crippen LogP contribution is -2.32. The molecule has 4 heteroatoms. The predicted octanol–water partition coefficient (Wildman–Crippen LogP) is 4.25. The summed E-state index contributed by atoms with van der Waals surface area (Å²) in [7, 11) is 0. The van der Waals surface area contributed by atoms with Crippen molar-refractivity contribution in [2.45, 2.75) is 33.2 Å². The Morgan fingerprint density at radius 1 is 1.12 bits per heavy atom. The molecule has 4 rings (SSSR count). The number of rotatable bonds is 4. The van der Waals surface area contributed by atoms with Gasteiger partial charge in [0.1, 0.15) is 18.1 Å². The largest absolute Gasteiger partial charge is 0.478 e. The van der Waals surface area contributed by atoms with Crippen molar-refractivity contribution in [2.24, 2.45) is 0 Å². The summed E-state index contributed by atoms with van der Waals surface area (Å²) in [5, 5.41) is 0.997. The van der Waals surface area contributed by atoms with E-state index < -0.39 is 0 Å². The van der Waals surface area contributed by atoms with Gasteiger partial charge in [-0.3, -0.25) is 4.90 Å². The van der Waals surface area contributed by atoms with Crippen LogP contribution in [0.1, 0.15) is 35.6 Å². The van der Waals surface area contributed by atoms with Gasteiger partial charge in [-0.2, -0.15) is 0 Å². The van der Waals surface area contributed by atoms with Crippen LogP contribution in [0, 0.1) is 6.92 Å². The second-order valence-corrected chi connectivity index (χ2v) is 6.90. The molecule has 3 aromatic rings. The summed E-state index contributed by atoms with van der Waals surface area (Å²) >= 11 is 0. The highest BCUT2D eigenvalue weighted by molar-refractivity contribution is 5.86. The number of hydrogen-bond acceptors (Lipinski definition) is 4. The molecule has 2 aromatic carbocycles. The molecule has 4 nitrogen and oxygen atoms in total. The van der Waals surface area contributed by atoms with E-state index in [2.05, 4.69) is 11.8 Å². The van der Waals surface area contributed by atoms with E-state index in [1.54, 1.807) is 0 Å². The summed E-state index contributed by atoms with van der Waals surface area (Å²) in [6, 6.07) is 14.0. The Kier molecular flexibility index (Phi) is 4.51. The molecule has 26 heavy (non-hydrogen) atoms. The van der Waals surface area contributed by atoms with E-state index >= 15 is 0 Å². The number of hydrogen-bond donors (Lipinski definition) is 0. The first-order valence-corrected chi connectivity index (χ1v) is 9.14. The lowest BCUT2D eigenvalue weighted by Gasteiger charge is -2.29. The fourth-order valence-electron chi connectivity index (χ4n) is 3.67. The zero-order valence-corrected chi connectivity index (χ0v) is 15.2. The fourth-order valence-corrected chi connectivity index (χ4v) is 3.67. The van der Waals surface area contributed by atoms with E-state index in [9.17, 15) is 4.79 Å². The Labute approximate surface area is 153 Å². The van der Waals surface area contributed by atoms with Crippen molar-refractivity contribution < 1.29 is 9.15 Å². The van der Waals surface area contributed by atoms with Gasteiger partial charge in [-0.1, -0.05) is 37.3 Å². The quantitative estimate of drug-likeness (QED) is 0.660. The number of benzene rings is 2. The van der Waals surface area contributed by atoms with Crippen molar-refractivity contribution in [3.05, 3.63) is 75.1 Å². The monoisotopic (exact) mass is 349 g/mol. The molecular weight excluding hydrogens is 326 g/mol. The molecule has 1 aliphatic heterocycles. The van der Waals surface area contributed by atoms with Crippen LogP contribution in [0.25, 0.3) is 11.0 Å². The average molecular weight is 349 g/mol. The average Bonchev–Trinajstić information content (AvgIpc) is 2.66. The normalized spacial score (nSPS) is 14.2. The van der Waals surface area contributed by atoms with Crippen molar-refractivity contribution in [3.8, 4) is 5.75 Å². The molecule has 0 N–H and O–H groups in total. The molecule has 0 aliphatic carbocycles. The fraction of sp³-hybridized carbons (Fsp3) is 0.318. The van der Waals surface area contributed by atoms with Gasteiger partial charge in [-0.15, -0.1) is 0 Å². The summed E-state index contributed by atoms with van der Waals surface area (Å²) in [6.07, 6.45) is 1.65. The van der Waals surface area contributed by atoms with Crippen LogP contribution in [0.5, 0.6) is 5.75 Å².